The predicted molar refractivity (Wildman–Crippen MR) is 152 cm³/mol. The second-order valence-electron chi connectivity index (χ2n) is 10.0. The summed E-state index contributed by atoms with van der Waals surface area (Å²) in [5.41, 5.74) is 3.60. The number of para-hydroxylation sites is 1. The molecule has 0 aliphatic rings. The van der Waals surface area contributed by atoms with Crippen molar-refractivity contribution in [2.45, 2.75) is 32.0 Å². The Kier molecular flexibility index (Phi) is 9.01. The quantitative estimate of drug-likeness (QED) is 0.256. The van der Waals surface area contributed by atoms with Crippen LogP contribution in [0, 0.1) is 0 Å². The number of carbonyl (C=O) groups excluding carboxylic acids is 1. The normalized spacial score (nSPS) is 12.7. The molecule has 39 heavy (non-hydrogen) atoms. The lowest BCUT2D eigenvalue weighted by Gasteiger charge is -2.18. The Morgan fingerprint density at radius 1 is 0.974 bits per heavy atom. The van der Waals surface area contributed by atoms with E-state index in [4.69, 9.17) is 4.74 Å². The third-order valence-corrected chi connectivity index (χ3v) is 6.56. The number of nitrogens with zero attached hydrogens (tertiary/aromatic N) is 2. The summed E-state index contributed by atoms with van der Waals surface area (Å²) >= 11 is 0. The van der Waals surface area contributed by atoms with Gasteiger partial charge < -0.3 is 29.7 Å². The smallest absolute Gasteiger partial charge is 0.352 e. The number of aliphatic hydroxyl groups excluding tert-OH is 1. The van der Waals surface area contributed by atoms with Gasteiger partial charge in [0.15, 0.2) is 0 Å². The molecule has 4 rings (SSSR count). The fourth-order valence-electron chi connectivity index (χ4n) is 4.52. The number of carboxylic acid groups (broad SMARTS) is 1. The van der Waals surface area contributed by atoms with E-state index in [-0.39, 0.29) is 24.2 Å². The van der Waals surface area contributed by atoms with Gasteiger partial charge in [-0.05, 0) is 66.9 Å². The highest BCUT2D eigenvalue weighted by atomic mass is 16.5. The third-order valence-electron chi connectivity index (χ3n) is 6.56. The van der Waals surface area contributed by atoms with Crippen molar-refractivity contribution in [3.05, 3.63) is 101 Å². The van der Waals surface area contributed by atoms with Crippen LogP contribution >= 0.6 is 0 Å². The number of ether oxygens (including phenoxy) is 1. The number of aliphatic hydroxyl groups is 1. The molecule has 0 fully saturated rings. The number of aromatic carboxylic acids is 1. The first-order chi connectivity index (χ1) is 18.7. The van der Waals surface area contributed by atoms with Crippen LogP contribution in [0.3, 0.4) is 0 Å². The van der Waals surface area contributed by atoms with E-state index in [1.54, 1.807) is 36.9 Å². The molecule has 0 radical (unpaired) electrons. The minimum absolute atomic E-state index is 0.0783. The van der Waals surface area contributed by atoms with Gasteiger partial charge in [-0.25, -0.2) is 4.79 Å². The number of fused-ring (bicyclic) bond motifs is 1. The lowest BCUT2D eigenvalue weighted by molar-refractivity contribution is 0.0685. The zero-order chi connectivity index (χ0) is 27.9. The van der Waals surface area contributed by atoms with E-state index in [9.17, 15) is 19.8 Å². The van der Waals surface area contributed by atoms with Crippen LogP contribution in [-0.4, -0.2) is 70.9 Å². The van der Waals surface area contributed by atoms with Gasteiger partial charge in [0.2, 0.25) is 0 Å². The summed E-state index contributed by atoms with van der Waals surface area (Å²) < 4.78 is 7.40. The Bertz CT molecular complexity index is 1410. The van der Waals surface area contributed by atoms with E-state index in [1.807, 2.05) is 67.6 Å². The van der Waals surface area contributed by atoms with Gasteiger partial charge in [0.25, 0.3) is 5.91 Å². The topological polar surface area (TPSA) is 104 Å². The molecule has 0 unspecified atom stereocenters. The Hall–Kier alpha value is -4.14. The first-order valence-corrected chi connectivity index (χ1v) is 13.0. The number of hydrogen-bond acceptors (Lipinski definition) is 5. The molecule has 3 N–H and O–H groups in total. The van der Waals surface area contributed by atoms with Crippen molar-refractivity contribution in [1.29, 1.82) is 0 Å². The van der Waals surface area contributed by atoms with Crippen molar-refractivity contribution in [3.8, 4) is 5.75 Å². The highest BCUT2D eigenvalue weighted by Gasteiger charge is 2.17. The molecule has 0 saturated carbocycles. The summed E-state index contributed by atoms with van der Waals surface area (Å²) in [5, 5.41) is 24.3. The van der Waals surface area contributed by atoms with Gasteiger partial charge in [-0.2, -0.15) is 0 Å². The average molecular weight is 530 g/mol. The molecular weight excluding hydrogens is 494 g/mol. The Balaban J connectivity index is 1.40. The van der Waals surface area contributed by atoms with E-state index in [1.165, 1.54) is 4.90 Å². The molecular formula is C31H35N3O5. The molecule has 2 atom stereocenters. The van der Waals surface area contributed by atoms with Crippen LogP contribution in [0.5, 0.6) is 5.75 Å². The highest BCUT2D eigenvalue weighted by Crippen LogP contribution is 2.24. The number of rotatable bonds is 12. The van der Waals surface area contributed by atoms with Gasteiger partial charge in [0, 0.05) is 49.7 Å². The molecule has 1 amide bonds. The highest BCUT2D eigenvalue weighted by molar-refractivity contribution is 5.95. The molecule has 0 saturated heterocycles. The summed E-state index contributed by atoms with van der Waals surface area (Å²) in [7, 11) is 3.41. The van der Waals surface area contributed by atoms with Crippen molar-refractivity contribution >= 4 is 22.8 Å². The van der Waals surface area contributed by atoms with Crippen molar-refractivity contribution in [2.75, 3.05) is 27.2 Å². The maximum atomic E-state index is 12.2. The molecule has 0 bridgehead atoms. The zero-order valence-electron chi connectivity index (χ0n) is 22.5. The van der Waals surface area contributed by atoms with Crippen molar-refractivity contribution in [3.63, 3.8) is 0 Å². The fourth-order valence-corrected chi connectivity index (χ4v) is 4.52. The van der Waals surface area contributed by atoms with Crippen LogP contribution in [0.25, 0.3) is 10.9 Å². The van der Waals surface area contributed by atoms with Gasteiger partial charge in [-0.15, -0.1) is 0 Å². The van der Waals surface area contributed by atoms with Gasteiger partial charge in [-0.1, -0.05) is 36.4 Å². The number of amides is 1. The number of hydrogen-bond donors (Lipinski definition) is 3. The van der Waals surface area contributed by atoms with Crippen LogP contribution in [0.15, 0.2) is 78.9 Å². The number of nitrogens with one attached hydrogen (secondary N) is 1. The monoisotopic (exact) mass is 529 g/mol. The van der Waals surface area contributed by atoms with Crippen LogP contribution in [0.2, 0.25) is 0 Å². The third kappa shape index (κ3) is 7.25. The summed E-state index contributed by atoms with van der Waals surface area (Å²) in [6, 6.07) is 24.4. The minimum atomic E-state index is -0.992. The number of carboxylic acids is 1. The molecule has 8 heteroatoms. The largest absolute Gasteiger partial charge is 0.491 e. The SMILES string of the molecule is C[C@H](Cc1ccc2c(c1)cc(C(=O)O)n2Cc1ccc(C(=O)N(C)C)cc1)NC[C@H](O)COc1ccccc1. The second kappa shape index (κ2) is 12.6. The zero-order valence-corrected chi connectivity index (χ0v) is 22.5. The molecule has 204 valence electrons. The number of aromatic nitrogens is 1. The van der Waals surface area contributed by atoms with Crippen molar-refractivity contribution < 1.29 is 24.5 Å². The summed E-state index contributed by atoms with van der Waals surface area (Å²) in [6.07, 6.45) is 0.0781. The predicted octanol–water partition coefficient (Wildman–Crippen LogP) is 4.05. The van der Waals surface area contributed by atoms with Crippen LogP contribution in [0.1, 0.15) is 38.9 Å². The first kappa shape index (κ1) is 27.9. The van der Waals surface area contributed by atoms with Crippen molar-refractivity contribution in [1.82, 2.24) is 14.8 Å². The van der Waals surface area contributed by atoms with Gasteiger partial charge in [0.05, 0.1) is 0 Å². The van der Waals surface area contributed by atoms with Gasteiger partial charge in [-0.3, -0.25) is 4.79 Å². The van der Waals surface area contributed by atoms with Gasteiger partial charge in [0.1, 0.15) is 24.2 Å². The Labute approximate surface area is 228 Å². The molecule has 0 spiro atoms. The lowest BCUT2D eigenvalue weighted by Crippen LogP contribution is -2.37. The lowest BCUT2D eigenvalue weighted by atomic mass is 10.0. The van der Waals surface area contributed by atoms with Gasteiger partial charge >= 0.3 is 5.97 Å². The molecule has 8 nitrogen and oxygen atoms in total. The second-order valence-corrected chi connectivity index (χ2v) is 10.0. The van der Waals surface area contributed by atoms with E-state index < -0.39 is 12.1 Å². The Morgan fingerprint density at radius 2 is 1.67 bits per heavy atom. The Morgan fingerprint density at radius 3 is 2.33 bits per heavy atom. The summed E-state index contributed by atoms with van der Waals surface area (Å²) in [4.78, 5) is 25.7. The van der Waals surface area contributed by atoms with E-state index in [0.717, 1.165) is 34.2 Å². The average Bonchev–Trinajstić information content (AvgIpc) is 3.29. The van der Waals surface area contributed by atoms with Crippen LogP contribution in [0.4, 0.5) is 0 Å². The number of carbonyl (C=O) groups is 2. The minimum Gasteiger partial charge on any atom is -0.491 e. The molecule has 4 aromatic rings. The standard InChI is InChI=1S/C31H35N3O5/c1-21(32-18-26(35)20-39-27-7-5-4-6-8-27)15-23-11-14-28-25(16-23)17-29(31(37)38)34(28)19-22-9-12-24(13-10-22)30(36)33(2)3/h4-14,16-17,21,26,32,35H,15,18-20H2,1-3H3,(H,37,38)/t21-,26+/m1/s1. The first-order valence-electron chi connectivity index (χ1n) is 13.0. The maximum Gasteiger partial charge on any atom is 0.352 e. The molecule has 1 aromatic heterocycles. The number of benzene rings is 3. The summed E-state index contributed by atoms with van der Waals surface area (Å²) in [6.45, 7) is 3.03. The summed E-state index contributed by atoms with van der Waals surface area (Å²) in [5.74, 6) is -0.346. The van der Waals surface area contributed by atoms with E-state index in [2.05, 4.69) is 5.32 Å². The van der Waals surface area contributed by atoms with E-state index in [0.29, 0.717) is 18.7 Å². The molecule has 3 aromatic carbocycles. The van der Waals surface area contributed by atoms with Crippen molar-refractivity contribution in [2.24, 2.45) is 0 Å². The molecule has 0 aliphatic heterocycles. The fraction of sp³-hybridized carbons (Fsp3) is 0.290. The van der Waals surface area contributed by atoms with Crippen LogP contribution in [-0.2, 0) is 13.0 Å². The molecule has 1 heterocycles. The molecule has 0 aliphatic carbocycles. The maximum absolute atomic E-state index is 12.2. The van der Waals surface area contributed by atoms with E-state index >= 15 is 0 Å². The van der Waals surface area contributed by atoms with Crippen LogP contribution < -0.4 is 10.1 Å².